The van der Waals surface area contributed by atoms with Crippen LogP contribution in [0, 0.1) is 0 Å². The van der Waals surface area contributed by atoms with Gasteiger partial charge in [-0.15, -0.1) is 0 Å². The van der Waals surface area contributed by atoms with Crippen LogP contribution in [0.4, 0.5) is 5.69 Å². The van der Waals surface area contributed by atoms with Gasteiger partial charge in [-0.2, -0.15) is 0 Å². The molecule has 130 valence electrons. The topological polar surface area (TPSA) is 68.3 Å². The van der Waals surface area contributed by atoms with Gasteiger partial charge in [0.05, 0.1) is 16.2 Å². The third-order valence-electron chi connectivity index (χ3n) is 3.56. The van der Waals surface area contributed by atoms with E-state index in [1.165, 1.54) is 6.08 Å². The Morgan fingerprint density at radius 2 is 1.88 bits per heavy atom. The number of amides is 1. The molecule has 0 bridgehead atoms. The molecule has 0 aliphatic rings. The van der Waals surface area contributed by atoms with Crippen LogP contribution < -0.4 is 5.32 Å². The minimum atomic E-state index is -0.618. The fourth-order valence-electron chi connectivity index (χ4n) is 2.35. The molecule has 6 heteroatoms. The van der Waals surface area contributed by atoms with E-state index < -0.39 is 18.5 Å². The fourth-order valence-corrected chi connectivity index (χ4v) is 2.54. The number of fused-ring (bicyclic) bond motifs is 1. The van der Waals surface area contributed by atoms with Crippen LogP contribution in [0.1, 0.15) is 5.56 Å². The van der Waals surface area contributed by atoms with Gasteiger partial charge in [0.25, 0.3) is 5.91 Å². The monoisotopic (exact) mass is 366 g/mol. The van der Waals surface area contributed by atoms with Gasteiger partial charge in [0.15, 0.2) is 6.61 Å². The number of pyridine rings is 1. The first-order valence-corrected chi connectivity index (χ1v) is 8.24. The van der Waals surface area contributed by atoms with E-state index in [4.69, 9.17) is 16.3 Å². The molecule has 0 atom stereocenters. The summed E-state index contributed by atoms with van der Waals surface area (Å²) in [5.74, 6) is -1.08. The normalized spacial score (nSPS) is 10.8. The Labute approximate surface area is 155 Å². The maximum absolute atomic E-state index is 11.8. The SMILES string of the molecule is O=C(COC(=O)/C=C/c1cccc2cccnc12)Nc1ccccc1Cl. The van der Waals surface area contributed by atoms with Gasteiger partial charge >= 0.3 is 5.97 Å². The highest BCUT2D eigenvalue weighted by Crippen LogP contribution is 2.20. The average molecular weight is 367 g/mol. The van der Waals surface area contributed by atoms with Gasteiger partial charge in [-0.3, -0.25) is 9.78 Å². The molecule has 0 saturated heterocycles. The van der Waals surface area contributed by atoms with Gasteiger partial charge in [0.1, 0.15) is 0 Å². The third-order valence-corrected chi connectivity index (χ3v) is 3.89. The summed E-state index contributed by atoms with van der Waals surface area (Å²) in [5, 5.41) is 3.97. The molecule has 3 aromatic rings. The van der Waals surface area contributed by atoms with Crippen molar-refractivity contribution < 1.29 is 14.3 Å². The lowest BCUT2D eigenvalue weighted by atomic mass is 10.1. The van der Waals surface area contributed by atoms with E-state index in [9.17, 15) is 9.59 Å². The molecule has 1 heterocycles. The Kier molecular flexibility index (Phi) is 5.61. The van der Waals surface area contributed by atoms with Crippen LogP contribution in [0.15, 0.2) is 66.9 Å². The average Bonchev–Trinajstić information content (AvgIpc) is 2.66. The van der Waals surface area contributed by atoms with E-state index in [0.717, 1.165) is 16.5 Å². The number of carbonyl (C=O) groups is 2. The zero-order valence-electron chi connectivity index (χ0n) is 13.7. The Balaban J connectivity index is 1.58. The molecule has 0 aliphatic carbocycles. The van der Waals surface area contributed by atoms with Gasteiger partial charge in [-0.1, -0.05) is 48.0 Å². The van der Waals surface area contributed by atoms with Crippen molar-refractivity contribution in [3.63, 3.8) is 0 Å². The van der Waals surface area contributed by atoms with Crippen LogP contribution in [-0.4, -0.2) is 23.5 Å². The molecule has 1 aromatic heterocycles. The molecule has 0 saturated carbocycles. The minimum absolute atomic E-state index is 0.401. The highest BCUT2D eigenvalue weighted by molar-refractivity contribution is 6.33. The predicted octanol–water partition coefficient (Wildman–Crippen LogP) is 4.08. The maximum Gasteiger partial charge on any atom is 0.331 e. The van der Waals surface area contributed by atoms with Crippen molar-refractivity contribution in [2.24, 2.45) is 0 Å². The number of anilines is 1. The molecular formula is C20H15ClN2O3. The number of ether oxygens (including phenoxy) is 1. The highest BCUT2D eigenvalue weighted by atomic mass is 35.5. The van der Waals surface area contributed by atoms with Crippen molar-refractivity contribution in [3.05, 3.63) is 77.5 Å². The number of esters is 1. The summed E-state index contributed by atoms with van der Waals surface area (Å²) in [6.07, 6.45) is 4.58. The molecule has 0 spiro atoms. The lowest BCUT2D eigenvalue weighted by molar-refractivity contribution is -0.142. The Morgan fingerprint density at radius 1 is 1.08 bits per heavy atom. The number of para-hydroxylation sites is 2. The van der Waals surface area contributed by atoms with Gasteiger partial charge < -0.3 is 10.1 Å². The van der Waals surface area contributed by atoms with E-state index in [1.807, 2.05) is 30.3 Å². The second kappa shape index (κ2) is 8.27. The van der Waals surface area contributed by atoms with Crippen LogP contribution in [0.3, 0.4) is 0 Å². The Hall–Kier alpha value is -3.18. The molecule has 5 nitrogen and oxygen atoms in total. The lowest BCUT2D eigenvalue weighted by Crippen LogP contribution is -2.20. The van der Waals surface area contributed by atoms with Crippen LogP contribution in [0.25, 0.3) is 17.0 Å². The molecule has 1 amide bonds. The van der Waals surface area contributed by atoms with E-state index in [1.54, 1.807) is 36.5 Å². The number of nitrogens with zero attached hydrogens (tertiary/aromatic N) is 1. The highest BCUT2D eigenvalue weighted by Gasteiger charge is 2.08. The Morgan fingerprint density at radius 3 is 2.73 bits per heavy atom. The van der Waals surface area contributed by atoms with E-state index in [-0.39, 0.29) is 0 Å². The van der Waals surface area contributed by atoms with E-state index in [0.29, 0.717) is 10.7 Å². The molecule has 3 rings (SSSR count). The molecule has 0 aliphatic heterocycles. The second-order valence-corrected chi connectivity index (χ2v) is 5.80. The summed E-state index contributed by atoms with van der Waals surface area (Å²) >= 11 is 5.96. The van der Waals surface area contributed by atoms with Crippen molar-refractivity contribution in [1.29, 1.82) is 0 Å². The summed E-state index contributed by atoms with van der Waals surface area (Å²) in [6.45, 7) is -0.401. The standard InChI is InChI=1S/C20H15ClN2O3/c21-16-8-1-2-9-17(16)23-18(24)13-26-19(25)11-10-15-6-3-5-14-7-4-12-22-20(14)15/h1-12H,13H2,(H,23,24)/b11-10+. The molecule has 0 fully saturated rings. The van der Waals surface area contributed by atoms with Gasteiger partial charge in [-0.25, -0.2) is 4.79 Å². The summed E-state index contributed by atoms with van der Waals surface area (Å²) in [4.78, 5) is 28.0. The first-order valence-electron chi connectivity index (χ1n) is 7.86. The van der Waals surface area contributed by atoms with Gasteiger partial charge in [0, 0.05) is 23.2 Å². The van der Waals surface area contributed by atoms with Crippen molar-refractivity contribution >= 4 is 46.1 Å². The maximum atomic E-state index is 11.8. The van der Waals surface area contributed by atoms with Crippen molar-refractivity contribution in [1.82, 2.24) is 4.98 Å². The van der Waals surface area contributed by atoms with Crippen LogP contribution in [0.5, 0.6) is 0 Å². The van der Waals surface area contributed by atoms with Crippen molar-refractivity contribution in [2.75, 3.05) is 11.9 Å². The van der Waals surface area contributed by atoms with Crippen LogP contribution in [-0.2, 0) is 14.3 Å². The minimum Gasteiger partial charge on any atom is -0.452 e. The number of halogens is 1. The first kappa shape index (κ1) is 17.6. The predicted molar refractivity (Wildman–Crippen MR) is 102 cm³/mol. The number of carbonyl (C=O) groups excluding carboxylic acids is 2. The van der Waals surface area contributed by atoms with Gasteiger partial charge in [0.2, 0.25) is 0 Å². The molecule has 0 radical (unpaired) electrons. The molecule has 0 unspecified atom stereocenters. The number of nitrogens with one attached hydrogen (secondary N) is 1. The summed E-state index contributed by atoms with van der Waals surface area (Å²) in [6, 6.07) is 16.3. The largest absolute Gasteiger partial charge is 0.452 e. The lowest BCUT2D eigenvalue weighted by Gasteiger charge is -2.06. The fraction of sp³-hybridized carbons (Fsp3) is 0.0500. The summed E-state index contributed by atoms with van der Waals surface area (Å²) in [7, 11) is 0. The van der Waals surface area contributed by atoms with E-state index in [2.05, 4.69) is 10.3 Å². The number of rotatable bonds is 5. The quantitative estimate of drug-likeness (QED) is 0.545. The third kappa shape index (κ3) is 4.46. The van der Waals surface area contributed by atoms with Crippen molar-refractivity contribution in [2.45, 2.75) is 0 Å². The molecule has 1 N–H and O–H groups in total. The molecule has 2 aromatic carbocycles. The Bertz CT molecular complexity index is 980. The van der Waals surface area contributed by atoms with Gasteiger partial charge in [-0.05, 0) is 24.3 Å². The number of hydrogen-bond donors (Lipinski definition) is 1. The zero-order valence-corrected chi connectivity index (χ0v) is 14.4. The summed E-state index contributed by atoms with van der Waals surface area (Å²) < 4.78 is 4.95. The van der Waals surface area contributed by atoms with E-state index >= 15 is 0 Å². The molecular weight excluding hydrogens is 352 g/mol. The van der Waals surface area contributed by atoms with Crippen LogP contribution >= 0.6 is 11.6 Å². The molecule has 26 heavy (non-hydrogen) atoms. The van der Waals surface area contributed by atoms with Crippen molar-refractivity contribution in [3.8, 4) is 0 Å². The summed E-state index contributed by atoms with van der Waals surface area (Å²) in [5.41, 5.74) is 2.05. The number of hydrogen-bond acceptors (Lipinski definition) is 4. The number of benzene rings is 2. The smallest absolute Gasteiger partial charge is 0.331 e. The zero-order chi connectivity index (χ0) is 18.4. The second-order valence-electron chi connectivity index (χ2n) is 5.39. The number of aromatic nitrogens is 1. The first-order chi connectivity index (χ1) is 12.6. The van der Waals surface area contributed by atoms with Crippen LogP contribution in [0.2, 0.25) is 5.02 Å².